The summed E-state index contributed by atoms with van der Waals surface area (Å²) in [5.41, 5.74) is 7.54. The molecule has 2 N–H and O–H groups in total. The van der Waals surface area contributed by atoms with Gasteiger partial charge >= 0.3 is 0 Å². The van der Waals surface area contributed by atoms with E-state index in [9.17, 15) is 0 Å². The van der Waals surface area contributed by atoms with E-state index in [1.54, 1.807) is 18.3 Å². The minimum Gasteiger partial charge on any atom is -0.481 e. The number of hydrogen-bond acceptors (Lipinski definition) is 8. The molecule has 0 spiro atoms. The molecule has 0 aliphatic heterocycles. The molecule has 0 aliphatic carbocycles. The van der Waals surface area contributed by atoms with Crippen molar-refractivity contribution in [1.82, 2.24) is 25.1 Å². The largest absolute Gasteiger partial charge is 0.481 e. The lowest BCUT2D eigenvalue weighted by Crippen LogP contribution is -1.97. The minimum absolute atomic E-state index is 0.311. The normalized spacial score (nSPS) is 10.6. The van der Waals surface area contributed by atoms with Crippen LogP contribution in [0.4, 0.5) is 0 Å². The molecule has 0 saturated carbocycles. The summed E-state index contributed by atoms with van der Waals surface area (Å²) in [7, 11) is 1.52. The van der Waals surface area contributed by atoms with Crippen molar-refractivity contribution in [3.8, 4) is 29.0 Å². The Balaban J connectivity index is 1.91. The predicted molar refractivity (Wildman–Crippen MR) is 73.0 cm³/mol. The topological polar surface area (TPSA) is 113 Å². The van der Waals surface area contributed by atoms with Crippen LogP contribution in [0.3, 0.4) is 0 Å². The van der Waals surface area contributed by atoms with Crippen molar-refractivity contribution in [2.24, 2.45) is 5.73 Å². The van der Waals surface area contributed by atoms with Gasteiger partial charge in [-0.1, -0.05) is 11.2 Å². The number of ether oxygens (including phenoxy) is 1. The Morgan fingerprint density at radius 1 is 1.19 bits per heavy atom. The summed E-state index contributed by atoms with van der Waals surface area (Å²) in [6, 6.07) is 5.26. The summed E-state index contributed by atoms with van der Waals surface area (Å²) < 4.78 is 10.2. The van der Waals surface area contributed by atoms with Gasteiger partial charge in [0.1, 0.15) is 17.7 Å². The van der Waals surface area contributed by atoms with Crippen molar-refractivity contribution in [3.63, 3.8) is 0 Å². The maximum atomic E-state index is 5.53. The number of aromatic nitrogens is 5. The van der Waals surface area contributed by atoms with Crippen molar-refractivity contribution in [3.05, 3.63) is 36.3 Å². The Kier molecular flexibility index (Phi) is 3.52. The Hall–Kier alpha value is -2.87. The van der Waals surface area contributed by atoms with E-state index in [0.717, 1.165) is 5.56 Å². The van der Waals surface area contributed by atoms with Crippen LogP contribution in [-0.4, -0.2) is 32.2 Å². The van der Waals surface area contributed by atoms with Crippen LogP contribution in [0, 0.1) is 0 Å². The molecule has 8 nitrogen and oxygen atoms in total. The molecule has 3 rings (SSSR count). The van der Waals surface area contributed by atoms with Crippen molar-refractivity contribution in [2.45, 2.75) is 6.54 Å². The van der Waals surface area contributed by atoms with Gasteiger partial charge in [-0.05, 0) is 11.6 Å². The summed E-state index contributed by atoms with van der Waals surface area (Å²) in [4.78, 5) is 16.5. The minimum atomic E-state index is 0.311. The molecule has 106 valence electrons. The molecule has 0 aromatic carbocycles. The number of nitrogens with zero attached hydrogens (tertiary/aromatic N) is 5. The highest BCUT2D eigenvalue weighted by Crippen LogP contribution is 2.21. The molecule has 3 aromatic heterocycles. The first-order chi connectivity index (χ1) is 10.3. The first-order valence-corrected chi connectivity index (χ1v) is 6.15. The zero-order valence-electron chi connectivity index (χ0n) is 11.2. The summed E-state index contributed by atoms with van der Waals surface area (Å²) in [6.45, 7) is 0.434. The molecule has 3 heterocycles. The third kappa shape index (κ3) is 2.70. The van der Waals surface area contributed by atoms with E-state index in [1.807, 2.05) is 6.07 Å². The summed E-state index contributed by atoms with van der Waals surface area (Å²) in [5.74, 6) is 1.08. The number of methoxy groups -OCH3 is 1. The van der Waals surface area contributed by atoms with Gasteiger partial charge in [-0.2, -0.15) is 4.98 Å². The van der Waals surface area contributed by atoms with Crippen LogP contribution in [0.25, 0.3) is 23.1 Å². The number of pyridine rings is 1. The molecule has 0 saturated heterocycles. The second kappa shape index (κ2) is 5.63. The van der Waals surface area contributed by atoms with Gasteiger partial charge in [-0.3, -0.25) is 4.98 Å². The third-order valence-corrected chi connectivity index (χ3v) is 2.79. The fourth-order valence-electron chi connectivity index (χ4n) is 1.68. The third-order valence-electron chi connectivity index (χ3n) is 2.79. The maximum Gasteiger partial charge on any atom is 0.276 e. The lowest BCUT2D eigenvalue weighted by atomic mass is 10.2. The zero-order chi connectivity index (χ0) is 14.7. The molecular formula is C13H12N6O2. The average Bonchev–Trinajstić information content (AvgIpc) is 3.05. The summed E-state index contributed by atoms with van der Waals surface area (Å²) in [6.07, 6.45) is 3.05. The van der Waals surface area contributed by atoms with Crippen LogP contribution in [0.1, 0.15) is 5.56 Å². The fourth-order valence-corrected chi connectivity index (χ4v) is 1.68. The molecule has 0 radical (unpaired) electrons. The standard InChI is InChI=1S/C13H12N6O2/c1-20-11-4-10(16-7-17-11)12-18-13(21-19-12)9-3-2-8(5-14)6-15-9/h2-4,6-7H,5,14H2,1H3. The van der Waals surface area contributed by atoms with Crippen LogP contribution in [0.15, 0.2) is 35.2 Å². The SMILES string of the molecule is COc1cc(-c2noc(-c3ccc(CN)cn3)n2)ncn1. The van der Waals surface area contributed by atoms with Gasteiger partial charge in [0.25, 0.3) is 5.89 Å². The van der Waals surface area contributed by atoms with E-state index in [2.05, 4.69) is 25.1 Å². The van der Waals surface area contributed by atoms with Gasteiger partial charge < -0.3 is 15.0 Å². The van der Waals surface area contributed by atoms with Gasteiger partial charge in [0.05, 0.1) is 7.11 Å². The van der Waals surface area contributed by atoms with Gasteiger partial charge in [0.15, 0.2) is 0 Å². The van der Waals surface area contributed by atoms with Crippen LogP contribution in [-0.2, 0) is 6.54 Å². The molecular weight excluding hydrogens is 272 g/mol. The highest BCUT2D eigenvalue weighted by Gasteiger charge is 2.13. The second-order valence-electron chi connectivity index (χ2n) is 4.12. The van der Waals surface area contributed by atoms with Crippen LogP contribution in [0.2, 0.25) is 0 Å². The van der Waals surface area contributed by atoms with E-state index in [4.69, 9.17) is 15.0 Å². The number of hydrogen-bond donors (Lipinski definition) is 1. The fraction of sp³-hybridized carbons (Fsp3) is 0.154. The monoisotopic (exact) mass is 284 g/mol. The van der Waals surface area contributed by atoms with Crippen LogP contribution in [0.5, 0.6) is 5.88 Å². The summed E-state index contributed by atoms with van der Waals surface area (Å²) >= 11 is 0. The Bertz CT molecular complexity index is 740. The quantitative estimate of drug-likeness (QED) is 0.756. The molecule has 8 heteroatoms. The van der Waals surface area contributed by atoms with Crippen LogP contribution >= 0.6 is 0 Å². The Labute approximate surface area is 120 Å². The van der Waals surface area contributed by atoms with E-state index < -0.39 is 0 Å². The molecule has 0 amide bonds. The van der Waals surface area contributed by atoms with Crippen LogP contribution < -0.4 is 10.5 Å². The van der Waals surface area contributed by atoms with Crippen molar-refractivity contribution in [1.29, 1.82) is 0 Å². The first-order valence-electron chi connectivity index (χ1n) is 6.15. The van der Waals surface area contributed by atoms with E-state index >= 15 is 0 Å². The van der Waals surface area contributed by atoms with E-state index in [1.165, 1.54) is 13.4 Å². The molecule has 3 aromatic rings. The highest BCUT2D eigenvalue weighted by atomic mass is 16.5. The smallest absolute Gasteiger partial charge is 0.276 e. The molecule has 0 bridgehead atoms. The molecule has 0 atom stereocenters. The molecule has 0 aliphatic rings. The van der Waals surface area contributed by atoms with E-state index in [-0.39, 0.29) is 0 Å². The number of rotatable bonds is 4. The van der Waals surface area contributed by atoms with Gasteiger partial charge in [0, 0.05) is 18.8 Å². The molecule has 0 unspecified atom stereocenters. The van der Waals surface area contributed by atoms with Crippen molar-refractivity contribution in [2.75, 3.05) is 7.11 Å². The van der Waals surface area contributed by atoms with Crippen molar-refractivity contribution < 1.29 is 9.26 Å². The zero-order valence-corrected chi connectivity index (χ0v) is 11.2. The predicted octanol–water partition coefficient (Wildman–Crippen LogP) is 1.06. The second-order valence-corrected chi connectivity index (χ2v) is 4.12. The Morgan fingerprint density at radius 2 is 2.10 bits per heavy atom. The highest BCUT2D eigenvalue weighted by molar-refractivity contribution is 5.54. The number of nitrogens with two attached hydrogens (primary N) is 1. The Morgan fingerprint density at radius 3 is 2.81 bits per heavy atom. The molecule has 0 fully saturated rings. The summed E-state index contributed by atoms with van der Waals surface area (Å²) in [5, 5.41) is 3.88. The molecule has 21 heavy (non-hydrogen) atoms. The van der Waals surface area contributed by atoms with Gasteiger partial charge in [-0.25, -0.2) is 9.97 Å². The maximum absolute atomic E-state index is 5.53. The lowest BCUT2D eigenvalue weighted by molar-refractivity contribution is 0.397. The van der Waals surface area contributed by atoms with E-state index in [0.29, 0.717) is 35.5 Å². The first kappa shape index (κ1) is 13.1. The van der Waals surface area contributed by atoms with Gasteiger partial charge in [-0.15, -0.1) is 0 Å². The van der Waals surface area contributed by atoms with Crippen molar-refractivity contribution >= 4 is 0 Å². The lowest BCUT2D eigenvalue weighted by Gasteiger charge is -1.98. The van der Waals surface area contributed by atoms with Gasteiger partial charge in [0.2, 0.25) is 11.7 Å². The average molecular weight is 284 g/mol.